The van der Waals surface area contributed by atoms with Gasteiger partial charge in [0.25, 0.3) is 0 Å². The molecule has 1 atom stereocenters. The summed E-state index contributed by atoms with van der Waals surface area (Å²) >= 11 is 0. The Hall–Kier alpha value is -1.09. The fourth-order valence-electron chi connectivity index (χ4n) is 1.27. The van der Waals surface area contributed by atoms with Crippen molar-refractivity contribution < 1.29 is 5.11 Å². The predicted molar refractivity (Wildman–Crippen MR) is 52.4 cm³/mol. The number of aliphatic hydroxyl groups is 1. The summed E-state index contributed by atoms with van der Waals surface area (Å²) in [6.45, 7) is 8.39. The average Bonchev–Trinajstić information content (AvgIpc) is 2.59. The molecule has 3 heteroatoms. The molecule has 0 aliphatic heterocycles. The van der Waals surface area contributed by atoms with Gasteiger partial charge in [0, 0.05) is 6.54 Å². The Kier molecular flexibility index (Phi) is 3.25. The van der Waals surface area contributed by atoms with Crippen molar-refractivity contribution in [2.24, 2.45) is 0 Å². The van der Waals surface area contributed by atoms with E-state index in [-0.39, 0.29) is 0 Å². The molecule has 0 radical (unpaired) electrons. The van der Waals surface area contributed by atoms with Crippen molar-refractivity contribution in [2.45, 2.75) is 32.9 Å². The van der Waals surface area contributed by atoms with Gasteiger partial charge in [-0.15, -0.1) is 6.58 Å². The summed E-state index contributed by atoms with van der Waals surface area (Å²) in [5, 5.41) is 13.9. The highest BCUT2D eigenvalue weighted by Crippen LogP contribution is 2.15. The molecule has 0 aliphatic rings. The Morgan fingerprint density at radius 2 is 2.38 bits per heavy atom. The van der Waals surface area contributed by atoms with Crippen molar-refractivity contribution in [1.29, 1.82) is 0 Å². The van der Waals surface area contributed by atoms with Crippen molar-refractivity contribution >= 4 is 0 Å². The standard InChI is InChI=1S/C10H16N2O/c1-4-8-7-9(10(13)5-2)12(6-3)11-8/h5,7,10,13H,2,4,6H2,1,3H3. The van der Waals surface area contributed by atoms with Gasteiger partial charge in [-0.05, 0) is 19.4 Å². The third-order valence-electron chi connectivity index (χ3n) is 2.05. The fourth-order valence-corrected chi connectivity index (χ4v) is 1.27. The zero-order valence-electron chi connectivity index (χ0n) is 8.20. The van der Waals surface area contributed by atoms with Crippen LogP contribution in [0.5, 0.6) is 0 Å². The molecule has 0 bridgehead atoms. The lowest BCUT2D eigenvalue weighted by molar-refractivity contribution is 0.216. The fraction of sp³-hybridized carbons (Fsp3) is 0.500. The van der Waals surface area contributed by atoms with E-state index in [1.807, 2.05) is 24.6 Å². The molecule has 0 aromatic carbocycles. The zero-order chi connectivity index (χ0) is 9.84. The topological polar surface area (TPSA) is 38.1 Å². The van der Waals surface area contributed by atoms with Crippen LogP contribution in [-0.2, 0) is 13.0 Å². The molecule has 0 spiro atoms. The monoisotopic (exact) mass is 180 g/mol. The average molecular weight is 180 g/mol. The number of hydrogen-bond donors (Lipinski definition) is 1. The molecule has 0 aliphatic carbocycles. The first-order valence-corrected chi connectivity index (χ1v) is 4.60. The van der Waals surface area contributed by atoms with E-state index in [0.29, 0.717) is 0 Å². The van der Waals surface area contributed by atoms with Gasteiger partial charge in [0.05, 0.1) is 11.4 Å². The Morgan fingerprint density at radius 3 is 2.85 bits per heavy atom. The van der Waals surface area contributed by atoms with Crippen LogP contribution in [0.3, 0.4) is 0 Å². The van der Waals surface area contributed by atoms with E-state index in [4.69, 9.17) is 0 Å². The van der Waals surface area contributed by atoms with E-state index in [9.17, 15) is 5.11 Å². The molecule has 0 fully saturated rings. The van der Waals surface area contributed by atoms with Gasteiger partial charge in [0.2, 0.25) is 0 Å². The van der Waals surface area contributed by atoms with Gasteiger partial charge in [-0.2, -0.15) is 5.10 Å². The number of aliphatic hydroxyl groups excluding tert-OH is 1. The molecule has 1 N–H and O–H groups in total. The highest BCUT2D eigenvalue weighted by molar-refractivity contribution is 5.16. The van der Waals surface area contributed by atoms with Gasteiger partial charge in [-0.25, -0.2) is 0 Å². The van der Waals surface area contributed by atoms with E-state index >= 15 is 0 Å². The van der Waals surface area contributed by atoms with Gasteiger partial charge in [0.15, 0.2) is 0 Å². The Labute approximate surface area is 78.7 Å². The summed E-state index contributed by atoms with van der Waals surface area (Å²) in [6.07, 6.45) is 1.81. The molecule has 1 aromatic rings. The van der Waals surface area contributed by atoms with Gasteiger partial charge in [0.1, 0.15) is 6.10 Å². The molecule has 0 saturated carbocycles. The second kappa shape index (κ2) is 4.23. The van der Waals surface area contributed by atoms with Crippen LogP contribution in [0.4, 0.5) is 0 Å². The lowest BCUT2D eigenvalue weighted by atomic mass is 10.2. The maximum atomic E-state index is 9.57. The third-order valence-corrected chi connectivity index (χ3v) is 2.05. The number of nitrogens with zero attached hydrogens (tertiary/aromatic N) is 2. The van der Waals surface area contributed by atoms with Crippen LogP contribution < -0.4 is 0 Å². The molecule has 1 aromatic heterocycles. The summed E-state index contributed by atoms with van der Waals surface area (Å²) in [4.78, 5) is 0. The van der Waals surface area contributed by atoms with Crippen molar-refractivity contribution in [3.05, 3.63) is 30.1 Å². The van der Waals surface area contributed by atoms with Crippen LogP contribution in [0.2, 0.25) is 0 Å². The number of hydrogen-bond acceptors (Lipinski definition) is 2. The molecule has 1 unspecified atom stereocenters. The van der Waals surface area contributed by atoms with Crippen molar-refractivity contribution in [1.82, 2.24) is 9.78 Å². The number of rotatable bonds is 4. The third kappa shape index (κ3) is 1.98. The summed E-state index contributed by atoms with van der Waals surface area (Å²) in [7, 11) is 0. The van der Waals surface area contributed by atoms with Gasteiger partial charge in [-0.3, -0.25) is 4.68 Å². The number of aromatic nitrogens is 2. The smallest absolute Gasteiger partial charge is 0.113 e. The van der Waals surface area contributed by atoms with E-state index in [0.717, 1.165) is 24.4 Å². The second-order valence-electron chi connectivity index (χ2n) is 2.91. The van der Waals surface area contributed by atoms with Crippen LogP contribution in [0.25, 0.3) is 0 Å². The summed E-state index contributed by atoms with van der Waals surface area (Å²) in [5.41, 5.74) is 1.84. The molecule has 72 valence electrons. The molecular weight excluding hydrogens is 164 g/mol. The van der Waals surface area contributed by atoms with Crippen molar-refractivity contribution in [2.75, 3.05) is 0 Å². The largest absolute Gasteiger partial charge is 0.383 e. The maximum absolute atomic E-state index is 9.57. The normalized spacial score (nSPS) is 12.8. The minimum Gasteiger partial charge on any atom is -0.383 e. The van der Waals surface area contributed by atoms with Crippen LogP contribution in [0.15, 0.2) is 18.7 Å². The summed E-state index contributed by atoms with van der Waals surface area (Å²) in [6, 6.07) is 1.93. The van der Waals surface area contributed by atoms with Gasteiger partial charge in [-0.1, -0.05) is 13.0 Å². The molecule has 1 rings (SSSR count). The SMILES string of the molecule is C=CC(O)c1cc(CC)nn1CC. The molecule has 3 nitrogen and oxygen atoms in total. The first kappa shape index (κ1) is 9.99. The summed E-state index contributed by atoms with van der Waals surface area (Å²) < 4.78 is 1.81. The Bertz CT molecular complexity index is 291. The van der Waals surface area contributed by atoms with E-state index in [2.05, 4.69) is 11.7 Å². The van der Waals surface area contributed by atoms with Crippen LogP contribution in [-0.4, -0.2) is 14.9 Å². The van der Waals surface area contributed by atoms with E-state index in [1.165, 1.54) is 6.08 Å². The molecule has 0 amide bonds. The van der Waals surface area contributed by atoms with Crippen molar-refractivity contribution in [3.8, 4) is 0 Å². The highest BCUT2D eigenvalue weighted by Gasteiger charge is 2.10. The molecular formula is C10H16N2O. The maximum Gasteiger partial charge on any atom is 0.113 e. The van der Waals surface area contributed by atoms with Crippen LogP contribution in [0.1, 0.15) is 31.3 Å². The highest BCUT2D eigenvalue weighted by atomic mass is 16.3. The molecule has 13 heavy (non-hydrogen) atoms. The first-order chi connectivity index (χ1) is 6.22. The molecule has 1 heterocycles. The molecule has 0 saturated heterocycles. The van der Waals surface area contributed by atoms with E-state index < -0.39 is 6.10 Å². The second-order valence-corrected chi connectivity index (χ2v) is 2.91. The lowest BCUT2D eigenvalue weighted by Crippen LogP contribution is -2.05. The zero-order valence-corrected chi connectivity index (χ0v) is 8.20. The Morgan fingerprint density at radius 1 is 1.69 bits per heavy atom. The summed E-state index contributed by atoms with van der Waals surface area (Å²) in [5.74, 6) is 0. The minimum absolute atomic E-state index is 0.604. The van der Waals surface area contributed by atoms with Gasteiger partial charge >= 0.3 is 0 Å². The van der Waals surface area contributed by atoms with Crippen molar-refractivity contribution in [3.63, 3.8) is 0 Å². The quantitative estimate of drug-likeness (QED) is 0.716. The van der Waals surface area contributed by atoms with Crippen LogP contribution in [0, 0.1) is 0 Å². The van der Waals surface area contributed by atoms with Crippen LogP contribution >= 0.6 is 0 Å². The Balaban J connectivity index is 3.03. The predicted octanol–water partition coefficient (Wildman–Crippen LogP) is 1.68. The first-order valence-electron chi connectivity index (χ1n) is 4.60. The lowest BCUT2D eigenvalue weighted by Gasteiger charge is -2.06. The van der Waals surface area contributed by atoms with E-state index in [1.54, 1.807) is 0 Å². The number of aryl methyl sites for hydroxylation is 2. The minimum atomic E-state index is -0.604. The van der Waals surface area contributed by atoms with Gasteiger partial charge < -0.3 is 5.11 Å².